The number of hydrogen-bond donors (Lipinski definition) is 2. The van der Waals surface area contributed by atoms with E-state index in [1.54, 1.807) is 6.92 Å². The molecule has 0 fully saturated rings. The normalized spacial score (nSPS) is 13.7. The Bertz CT molecular complexity index is 545. The molecule has 0 heterocycles. The Morgan fingerprint density at radius 1 is 1.08 bits per heavy atom. The molecular formula is C20H33NO3. The second kappa shape index (κ2) is 7.56. The lowest BCUT2D eigenvalue weighted by Gasteiger charge is -2.29. The highest BCUT2D eigenvalue weighted by Crippen LogP contribution is 2.41. The van der Waals surface area contributed by atoms with Gasteiger partial charge in [0.2, 0.25) is 0 Å². The second-order valence-electron chi connectivity index (χ2n) is 8.21. The van der Waals surface area contributed by atoms with Gasteiger partial charge in [-0.15, -0.1) is 0 Å². The fraction of sp³-hybridized carbons (Fsp3) is 0.650. The summed E-state index contributed by atoms with van der Waals surface area (Å²) in [6.45, 7) is 17.1. The number of rotatable bonds is 5. The number of carbonyl (C=O) groups is 1. The smallest absolute Gasteiger partial charge is 0.327 e. The zero-order chi connectivity index (χ0) is 18.7. The minimum absolute atomic E-state index is 0.231. The van der Waals surface area contributed by atoms with E-state index in [4.69, 9.17) is 4.74 Å². The SMILES string of the molecule is CCNC(C(=O)OCC)c1cc(C(C)(C)C)c(O)c(C(C)(C)C)c1. The highest BCUT2D eigenvalue weighted by Gasteiger charge is 2.30. The standard InChI is InChI=1S/C20H33NO3/c1-9-21-16(18(23)24-10-2)13-11-14(19(3,4)5)17(22)15(12-13)20(6,7)8/h11-12,16,21-22H,9-10H2,1-8H3. The van der Waals surface area contributed by atoms with Crippen LogP contribution in [0, 0.1) is 0 Å². The third-order valence-electron chi connectivity index (χ3n) is 4.01. The highest BCUT2D eigenvalue weighted by atomic mass is 16.5. The number of hydrogen-bond acceptors (Lipinski definition) is 4. The minimum Gasteiger partial charge on any atom is -0.507 e. The van der Waals surface area contributed by atoms with Gasteiger partial charge < -0.3 is 15.2 Å². The van der Waals surface area contributed by atoms with Crippen molar-refractivity contribution in [2.24, 2.45) is 0 Å². The molecule has 1 atom stereocenters. The van der Waals surface area contributed by atoms with Crippen molar-refractivity contribution in [1.29, 1.82) is 0 Å². The molecule has 0 saturated carbocycles. The Balaban J connectivity index is 3.59. The third kappa shape index (κ3) is 4.73. The number of esters is 1. The van der Waals surface area contributed by atoms with Gasteiger partial charge in [0.25, 0.3) is 0 Å². The monoisotopic (exact) mass is 335 g/mol. The van der Waals surface area contributed by atoms with Crippen LogP contribution in [0.3, 0.4) is 0 Å². The van der Waals surface area contributed by atoms with E-state index >= 15 is 0 Å². The number of nitrogens with one attached hydrogen (secondary N) is 1. The van der Waals surface area contributed by atoms with Crippen LogP contribution in [0.25, 0.3) is 0 Å². The Kier molecular flexibility index (Phi) is 6.45. The lowest BCUT2D eigenvalue weighted by molar-refractivity contribution is -0.145. The summed E-state index contributed by atoms with van der Waals surface area (Å²) in [4.78, 5) is 12.4. The van der Waals surface area contributed by atoms with E-state index in [0.29, 0.717) is 18.9 Å². The summed E-state index contributed by atoms with van der Waals surface area (Å²) in [5, 5.41) is 14.0. The first-order chi connectivity index (χ1) is 10.9. The van der Waals surface area contributed by atoms with Gasteiger partial charge in [0, 0.05) is 0 Å². The van der Waals surface area contributed by atoms with E-state index in [1.807, 2.05) is 19.1 Å². The number of phenols is 1. The molecule has 1 aromatic carbocycles. The number of benzene rings is 1. The lowest BCUT2D eigenvalue weighted by Crippen LogP contribution is -2.31. The van der Waals surface area contributed by atoms with E-state index in [9.17, 15) is 9.90 Å². The first-order valence-electron chi connectivity index (χ1n) is 8.71. The van der Waals surface area contributed by atoms with E-state index in [-0.39, 0.29) is 16.8 Å². The molecule has 0 aliphatic carbocycles. The predicted octanol–water partition coefficient (Wildman–Crippen LogP) is 4.20. The van der Waals surface area contributed by atoms with Crippen molar-refractivity contribution in [2.45, 2.75) is 72.3 Å². The molecule has 4 nitrogen and oxygen atoms in total. The molecule has 4 heteroatoms. The van der Waals surface area contributed by atoms with E-state index in [1.165, 1.54) is 0 Å². The summed E-state index contributed by atoms with van der Waals surface area (Å²) < 4.78 is 5.23. The summed E-state index contributed by atoms with van der Waals surface area (Å²) >= 11 is 0. The number of phenolic OH excluding ortho intramolecular Hbond substituents is 1. The molecule has 1 unspecified atom stereocenters. The quantitative estimate of drug-likeness (QED) is 0.792. The van der Waals surface area contributed by atoms with Crippen LogP contribution < -0.4 is 5.32 Å². The van der Waals surface area contributed by atoms with Gasteiger partial charge in [0.05, 0.1) is 6.61 Å². The molecule has 0 aliphatic rings. The first kappa shape index (κ1) is 20.5. The molecule has 0 spiro atoms. The lowest BCUT2D eigenvalue weighted by atomic mass is 9.77. The third-order valence-corrected chi connectivity index (χ3v) is 4.01. The fourth-order valence-electron chi connectivity index (χ4n) is 2.73. The van der Waals surface area contributed by atoms with Crippen LogP contribution in [0.5, 0.6) is 5.75 Å². The Morgan fingerprint density at radius 2 is 1.54 bits per heavy atom. The van der Waals surface area contributed by atoms with Gasteiger partial charge in [-0.05, 0) is 53.1 Å². The average molecular weight is 335 g/mol. The maximum Gasteiger partial charge on any atom is 0.327 e. The first-order valence-corrected chi connectivity index (χ1v) is 8.71. The minimum atomic E-state index is -0.530. The largest absolute Gasteiger partial charge is 0.507 e. The number of likely N-dealkylation sites (N-methyl/N-ethyl adjacent to an activating group) is 1. The van der Waals surface area contributed by atoms with Crippen LogP contribution in [-0.4, -0.2) is 24.2 Å². The van der Waals surface area contributed by atoms with Crippen molar-refractivity contribution in [1.82, 2.24) is 5.32 Å². The second-order valence-corrected chi connectivity index (χ2v) is 8.21. The Morgan fingerprint density at radius 3 is 1.88 bits per heavy atom. The van der Waals surface area contributed by atoms with Gasteiger partial charge in [-0.2, -0.15) is 0 Å². The molecule has 24 heavy (non-hydrogen) atoms. The van der Waals surface area contributed by atoms with Gasteiger partial charge in [0.15, 0.2) is 0 Å². The van der Waals surface area contributed by atoms with Crippen LogP contribution >= 0.6 is 0 Å². The summed E-state index contributed by atoms with van der Waals surface area (Å²) in [6.07, 6.45) is 0. The molecule has 136 valence electrons. The van der Waals surface area contributed by atoms with Gasteiger partial charge in [-0.3, -0.25) is 0 Å². The molecule has 0 radical (unpaired) electrons. The molecule has 1 rings (SSSR count). The maximum absolute atomic E-state index is 12.4. The molecule has 0 amide bonds. The van der Waals surface area contributed by atoms with E-state index < -0.39 is 6.04 Å². The van der Waals surface area contributed by atoms with Crippen molar-refractivity contribution in [2.75, 3.05) is 13.2 Å². The number of ether oxygens (including phenoxy) is 1. The molecule has 1 aromatic rings. The summed E-state index contributed by atoms with van der Waals surface area (Å²) in [5.74, 6) is 0.0302. The average Bonchev–Trinajstić information content (AvgIpc) is 2.43. The predicted molar refractivity (Wildman–Crippen MR) is 98.6 cm³/mol. The fourth-order valence-corrected chi connectivity index (χ4v) is 2.73. The van der Waals surface area contributed by atoms with Crippen molar-refractivity contribution in [3.8, 4) is 5.75 Å². The molecule has 0 aromatic heterocycles. The Labute approximate surface area is 146 Å². The number of carbonyl (C=O) groups excluding carboxylic acids is 1. The van der Waals surface area contributed by atoms with E-state index in [2.05, 4.69) is 46.9 Å². The Hall–Kier alpha value is -1.55. The van der Waals surface area contributed by atoms with Gasteiger partial charge in [-0.1, -0.05) is 48.5 Å². The van der Waals surface area contributed by atoms with Crippen LogP contribution in [0.1, 0.15) is 78.1 Å². The van der Waals surface area contributed by atoms with Crippen molar-refractivity contribution >= 4 is 5.97 Å². The zero-order valence-electron chi connectivity index (χ0n) is 16.4. The zero-order valence-corrected chi connectivity index (χ0v) is 16.4. The van der Waals surface area contributed by atoms with E-state index in [0.717, 1.165) is 16.7 Å². The van der Waals surface area contributed by atoms with Crippen LogP contribution in [0.4, 0.5) is 0 Å². The van der Waals surface area contributed by atoms with Gasteiger partial charge in [0.1, 0.15) is 11.8 Å². The van der Waals surface area contributed by atoms with Crippen LogP contribution in [0.15, 0.2) is 12.1 Å². The van der Waals surface area contributed by atoms with Crippen LogP contribution in [0.2, 0.25) is 0 Å². The molecule has 0 bridgehead atoms. The van der Waals surface area contributed by atoms with Crippen LogP contribution in [-0.2, 0) is 20.4 Å². The topological polar surface area (TPSA) is 58.6 Å². The van der Waals surface area contributed by atoms with Crippen molar-refractivity contribution in [3.63, 3.8) is 0 Å². The van der Waals surface area contributed by atoms with Crippen molar-refractivity contribution < 1.29 is 14.6 Å². The summed E-state index contributed by atoms with van der Waals surface area (Å²) in [6, 6.07) is 3.32. The molecule has 0 aliphatic heterocycles. The molecule has 0 saturated heterocycles. The molecule has 2 N–H and O–H groups in total. The summed E-state index contributed by atoms with van der Waals surface area (Å²) in [5.41, 5.74) is 2.06. The number of aromatic hydroxyl groups is 1. The highest BCUT2D eigenvalue weighted by molar-refractivity contribution is 5.78. The van der Waals surface area contributed by atoms with Crippen molar-refractivity contribution in [3.05, 3.63) is 28.8 Å². The maximum atomic E-state index is 12.4. The van der Waals surface area contributed by atoms with Gasteiger partial charge in [-0.25, -0.2) is 4.79 Å². The molecular weight excluding hydrogens is 302 g/mol. The van der Waals surface area contributed by atoms with Gasteiger partial charge >= 0.3 is 5.97 Å². The summed E-state index contributed by atoms with van der Waals surface area (Å²) in [7, 11) is 0.